The molecule has 2 aliphatic heterocycles. The van der Waals surface area contributed by atoms with Crippen LogP contribution in [0.4, 0.5) is 11.5 Å². The van der Waals surface area contributed by atoms with Crippen LogP contribution in [0, 0.1) is 5.92 Å². The lowest BCUT2D eigenvalue weighted by molar-refractivity contribution is 0.196. The van der Waals surface area contributed by atoms with Crippen LogP contribution in [0.15, 0.2) is 30.3 Å². The Balaban J connectivity index is 1.46. The first kappa shape index (κ1) is 19.0. The molecule has 7 heteroatoms. The van der Waals surface area contributed by atoms with E-state index in [1.807, 2.05) is 31.3 Å². The van der Waals surface area contributed by atoms with Gasteiger partial charge in [0.2, 0.25) is 0 Å². The van der Waals surface area contributed by atoms with Crippen molar-refractivity contribution < 1.29 is 5.11 Å². The molecule has 0 saturated carbocycles. The minimum absolute atomic E-state index is 0.228. The highest BCUT2D eigenvalue weighted by Gasteiger charge is 2.23. The van der Waals surface area contributed by atoms with Crippen LogP contribution in [-0.4, -0.2) is 73.1 Å². The highest BCUT2D eigenvalue weighted by molar-refractivity contribution is 5.74. The summed E-state index contributed by atoms with van der Waals surface area (Å²) in [6.07, 6.45) is 2.59. The molecule has 0 aliphatic carbocycles. The Morgan fingerprint density at radius 1 is 1.11 bits per heavy atom. The van der Waals surface area contributed by atoms with Crippen molar-refractivity contribution in [3.8, 4) is 17.0 Å². The SMILES string of the molecule is CNc1nnc(-c2ccccc2O)cc1N1CCN(CC2CCNCC2)CC1. The van der Waals surface area contributed by atoms with Gasteiger partial charge in [-0.3, -0.25) is 4.90 Å². The molecule has 2 saturated heterocycles. The molecule has 0 atom stereocenters. The Morgan fingerprint density at radius 2 is 1.86 bits per heavy atom. The van der Waals surface area contributed by atoms with Crippen LogP contribution in [0.5, 0.6) is 5.75 Å². The van der Waals surface area contributed by atoms with E-state index < -0.39 is 0 Å². The number of anilines is 2. The molecule has 4 rings (SSSR count). The Kier molecular flexibility index (Phi) is 5.92. The maximum atomic E-state index is 10.2. The third-order valence-electron chi connectivity index (χ3n) is 5.88. The third kappa shape index (κ3) is 4.20. The average molecular weight is 383 g/mol. The van der Waals surface area contributed by atoms with E-state index in [4.69, 9.17) is 0 Å². The van der Waals surface area contributed by atoms with E-state index in [-0.39, 0.29) is 5.75 Å². The summed E-state index contributed by atoms with van der Waals surface area (Å²) in [5, 5.41) is 25.5. The normalized spacial score (nSPS) is 19.0. The van der Waals surface area contributed by atoms with Gasteiger partial charge in [-0.25, -0.2) is 0 Å². The predicted octanol–water partition coefficient (Wildman–Crippen LogP) is 2.01. The minimum Gasteiger partial charge on any atom is -0.507 e. The summed E-state index contributed by atoms with van der Waals surface area (Å²) in [5.74, 6) is 1.84. The lowest BCUT2D eigenvalue weighted by atomic mass is 9.97. The van der Waals surface area contributed by atoms with Gasteiger partial charge in [-0.2, -0.15) is 0 Å². The second-order valence-electron chi connectivity index (χ2n) is 7.71. The Morgan fingerprint density at radius 3 is 2.57 bits per heavy atom. The van der Waals surface area contributed by atoms with Crippen molar-refractivity contribution in [1.82, 2.24) is 20.4 Å². The zero-order valence-corrected chi connectivity index (χ0v) is 16.6. The highest BCUT2D eigenvalue weighted by atomic mass is 16.3. The molecule has 2 aliphatic rings. The quantitative estimate of drug-likeness (QED) is 0.730. The zero-order valence-electron chi connectivity index (χ0n) is 16.6. The van der Waals surface area contributed by atoms with E-state index in [0.29, 0.717) is 11.3 Å². The van der Waals surface area contributed by atoms with Crippen molar-refractivity contribution in [1.29, 1.82) is 0 Å². The number of phenolic OH excluding ortho intramolecular Hbond substituents is 1. The van der Waals surface area contributed by atoms with E-state index in [2.05, 4.69) is 30.6 Å². The van der Waals surface area contributed by atoms with Crippen molar-refractivity contribution in [3.05, 3.63) is 30.3 Å². The van der Waals surface area contributed by atoms with Gasteiger partial charge < -0.3 is 20.6 Å². The van der Waals surface area contributed by atoms with Crippen LogP contribution in [0.1, 0.15) is 12.8 Å². The van der Waals surface area contributed by atoms with E-state index in [1.165, 1.54) is 19.4 Å². The van der Waals surface area contributed by atoms with Crippen LogP contribution < -0.4 is 15.5 Å². The fourth-order valence-electron chi connectivity index (χ4n) is 4.22. The summed E-state index contributed by atoms with van der Waals surface area (Å²) < 4.78 is 0. The lowest BCUT2D eigenvalue weighted by Crippen LogP contribution is -2.48. The number of benzene rings is 1. The summed E-state index contributed by atoms with van der Waals surface area (Å²) >= 11 is 0. The number of hydrogen-bond acceptors (Lipinski definition) is 7. The van der Waals surface area contributed by atoms with E-state index in [1.54, 1.807) is 6.07 Å². The molecule has 1 aromatic heterocycles. The summed E-state index contributed by atoms with van der Waals surface area (Å²) in [7, 11) is 1.88. The molecule has 0 amide bonds. The number of nitrogens with zero attached hydrogens (tertiary/aromatic N) is 4. The van der Waals surface area contributed by atoms with Crippen molar-refractivity contribution in [2.45, 2.75) is 12.8 Å². The highest BCUT2D eigenvalue weighted by Crippen LogP contribution is 2.32. The number of hydrogen-bond donors (Lipinski definition) is 3. The maximum Gasteiger partial charge on any atom is 0.172 e. The fraction of sp³-hybridized carbons (Fsp3) is 0.524. The van der Waals surface area contributed by atoms with Crippen molar-refractivity contribution in [2.75, 3.05) is 63.1 Å². The molecule has 3 heterocycles. The van der Waals surface area contributed by atoms with E-state index in [9.17, 15) is 5.11 Å². The van der Waals surface area contributed by atoms with Gasteiger partial charge in [-0.15, -0.1) is 10.2 Å². The minimum atomic E-state index is 0.228. The smallest absolute Gasteiger partial charge is 0.172 e. The standard InChI is InChI=1S/C21H30N6O/c1-22-21-19(14-18(24-25-21)17-4-2-3-5-20(17)28)27-12-10-26(11-13-27)15-16-6-8-23-9-7-16/h2-5,14,16,23,28H,6-13,15H2,1H3,(H,22,25). The number of phenols is 1. The second-order valence-corrected chi connectivity index (χ2v) is 7.71. The largest absolute Gasteiger partial charge is 0.507 e. The summed E-state index contributed by atoms with van der Waals surface area (Å²) in [5.41, 5.74) is 2.46. The number of nitrogens with one attached hydrogen (secondary N) is 2. The summed E-state index contributed by atoms with van der Waals surface area (Å²) in [4.78, 5) is 4.98. The van der Waals surface area contributed by atoms with E-state index in [0.717, 1.165) is 56.7 Å². The van der Waals surface area contributed by atoms with Gasteiger partial charge in [0, 0.05) is 45.3 Å². The molecule has 150 valence electrons. The second kappa shape index (κ2) is 8.75. The number of para-hydroxylation sites is 1. The fourth-order valence-corrected chi connectivity index (χ4v) is 4.22. The molecule has 3 N–H and O–H groups in total. The van der Waals surface area contributed by atoms with Gasteiger partial charge in [0.1, 0.15) is 5.75 Å². The third-order valence-corrected chi connectivity index (χ3v) is 5.88. The van der Waals surface area contributed by atoms with Gasteiger partial charge in [-0.05, 0) is 50.0 Å². The molecule has 0 unspecified atom stereocenters. The molecular formula is C21H30N6O. The zero-order chi connectivity index (χ0) is 19.3. The van der Waals surface area contributed by atoms with Crippen LogP contribution in [0.3, 0.4) is 0 Å². The Bertz CT molecular complexity index is 784. The van der Waals surface area contributed by atoms with Gasteiger partial charge in [0.05, 0.1) is 11.4 Å². The topological polar surface area (TPSA) is 76.6 Å². The number of piperazine rings is 1. The van der Waals surface area contributed by atoms with E-state index >= 15 is 0 Å². The van der Waals surface area contributed by atoms with Crippen LogP contribution in [0.25, 0.3) is 11.3 Å². The first-order valence-corrected chi connectivity index (χ1v) is 10.3. The summed E-state index contributed by atoms with van der Waals surface area (Å²) in [6.45, 7) is 7.63. The number of aromatic nitrogens is 2. The average Bonchev–Trinajstić information content (AvgIpc) is 2.75. The first-order valence-electron chi connectivity index (χ1n) is 10.3. The monoisotopic (exact) mass is 382 g/mol. The van der Waals surface area contributed by atoms with Crippen molar-refractivity contribution in [2.24, 2.45) is 5.92 Å². The Labute approximate surface area is 166 Å². The predicted molar refractivity (Wildman–Crippen MR) is 113 cm³/mol. The number of aromatic hydroxyl groups is 1. The lowest BCUT2D eigenvalue weighted by Gasteiger charge is -2.38. The molecular weight excluding hydrogens is 352 g/mol. The molecule has 1 aromatic carbocycles. The number of piperidine rings is 1. The van der Waals surface area contributed by atoms with Gasteiger partial charge in [0.15, 0.2) is 5.82 Å². The number of rotatable bonds is 5. The molecule has 28 heavy (non-hydrogen) atoms. The first-order chi connectivity index (χ1) is 13.7. The van der Waals surface area contributed by atoms with Gasteiger partial charge in [-0.1, -0.05) is 12.1 Å². The molecule has 2 aromatic rings. The van der Waals surface area contributed by atoms with Crippen LogP contribution in [0.2, 0.25) is 0 Å². The molecule has 0 bridgehead atoms. The van der Waals surface area contributed by atoms with Crippen molar-refractivity contribution >= 4 is 11.5 Å². The maximum absolute atomic E-state index is 10.2. The van der Waals surface area contributed by atoms with Crippen molar-refractivity contribution in [3.63, 3.8) is 0 Å². The molecule has 2 fully saturated rings. The molecule has 0 spiro atoms. The van der Waals surface area contributed by atoms with Crippen LogP contribution in [-0.2, 0) is 0 Å². The molecule has 0 radical (unpaired) electrons. The van der Waals surface area contributed by atoms with Crippen LogP contribution >= 0.6 is 0 Å². The molecule has 7 nitrogen and oxygen atoms in total. The Hall–Kier alpha value is -2.38. The summed E-state index contributed by atoms with van der Waals surface area (Å²) in [6, 6.07) is 9.32. The van der Waals surface area contributed by atoms with Gasteiger partial charge >= 0.3 is 0 Å². The van der Waals surface area contributed by atoms with Gasteiger partial charge in [0.25, 0.3) is 0 Å².